The third kappa shape index (κ3) is 2.24. The highest BCUT2D eigenvalue weighted by Crippen LogP contribution is 2.40. The third-order valence-corrected chi connectivity index (χ3v) is 4.48. The van der Waals surface area contributed by atoms with E-state index in [1.165, 1.54) is 16.7 Å². The van der Waals surface area contributed by atoms with Gasteiger partial charge in [-0.05, 0) is 56.2 Å². The molecule has 2 rings (SSSR count). The van der Waals surface area contributed by atoms with Gasteiger partial charge in [-0.1, -0.05) is 18.2 Å². The molecule has 1 fully saturated rings. The number of rotatable bonds is 2. The lowest BCUT2D eigenvalue weighted by atomic mass is 9.67. The molecule has 0 aromatic heterocycles. The number of aryl methyl sites for hydroxylation is 1. The molecule has 0 amide bonds. The molecule has 0 radical (unpaired) electrons. The predicted molar refractivity (Wildman–Crippen MR) is 71.1 cm³/mol. The molecule has 1 aliphatic rings. The molecular weight excluding hydrogens is 210 g/mol. The summed E-state index contributed by atoms with van der Waals surface area (Å²) in [5, 5.41) is 9.67. The lowest BCUT2D eigenvalue weighted by molar-refractivity contribution is 0.0972. The summed E-state index contributed by atoms with van der Waals surface area (Å²) < 4.78 is 0. The molecule has 2 nitrogen and oxygen atoms in total. The summed E-state index contributed by atoms with van der Waals surface area (Å²) >= 11 is 0. The van der Waals surface area contributed by atoms with Crippen molar-refractivity contribution in [2.24, 2.45) is 5.73 Å². The Morgan fingerprint density at radius 3 is 2.53 bits per heavy atom. The normalized spacial score (nSPS) is 29.3. The molecule has 0 saturated heterocycles. The average Bonchev–Trinajstić information content (AvgIpc) is 2.35. The number of nitrogens with two attached hydrogens (primary N) is 1. The Balaban J connectivity index is 2.38. The minimum Gasteiger partial charge on any atom is -0.393 e. The van der Waals surface area contributed by atoms with Gasteiger partial charge in [0.1, 0.15) is 0 Å². The maximum atomic E-state index is 9.67. The van der Waals surface area contributed by atoms with E-state index in [4.69, 9.17) is 5.73 Å². The van der Waals surface area contributed by atoms with Crippen LogP contribution < -0.4 is 5.73 Å². The molecule has 1 aliphatic carbocycles. The third-order valence-electron chi connectivity index (χ3n) is 4.48. The van der Waals surface area contributed by atoms with E-state index >= 15 is 0 Å². The number of hydrogen-bond donors (Lipinski definition) is 2. The summed E-state index contributed by atoms with van der Waals surface area (Å²) in [5.74, 6) is 0. The first kappa shape index (κ1) is 12.6. The van der Waals surface area contributed by atoms with Crippen LogP contribution in [0.25, 0.3) is 0 Å². The number of benzene rings is 1. The van der Waals surface area contributed by atoms with Crippen LogP contribution in [0.4, 0.5) is 0 Å². The predicted octanol–water partition coefficient (Wildman–Crippen LogP) is 2.43. The van der Waals surface area contributed by atoms with Crippen LogP contribution in [0, 0.1) is 13.8 Å². The quantitative estimate of drug-likeness (QED) is 0.824. The second-order valence-electron chi connectivity index (χ2n) is 5.46. The molecule has 0 spiro atoms. The molecule has 0 unspecified atom stereocenters. The van der Waals surface area contributed by atoms with E-state index in [2.05, 4.69) is 32.0 Å². The Hall–Kier alpha value is -0.860. The second kappa shape index (κ2) is 4.79. The number of hydrogen-bond acceptors (Lipinski definition) is 2. The van der Waals surface area contributed by atoms with Gasteiger partial charge in [0.2, 0.25) is 0 Å². The van der Waals surface area contributed by atoms with E-state index in [0.717, 1.165) is 25.7 Å². The summed E-state index contributed by atoms with van der Waals surface area (Å²) in [7, 11) is 0. The van der Waals surface area contributed by atoms with E-state index in [-0.39, 0.29) is 11.5 Å². The largest absolute Gasteiger partial charge is 0.393 e. The minimum atomic E-state index is -0.125. The van der Waals surface area contributed by atoms with Crippen molar-refractivity contribution < 1.29 is 5.11 Å². The molecule has 0 atom stereocenters. The molecule has 2 heteroatoms. The van der Waals surface area contributed by atoms with Gasteiger partial charge in [0.25, 0.3) is 0 Å². The Labute approximate surface area is 104 Å². The van der Waals surface area contributed by atoms with Crippen molar-refractivity contribution in [1.82, 2.24) is 0 Å². The van der Waals surface area contributed by atoms with E-state index in [1.807, 2.05) is 0 Å². The Kier molecular flexibility index (Phi) is 3.55. The summed E-state index contributed by atoms with van der Waals surface area (Å²) in [6.07, 6.45) is 3.65. The zero-order valence-electron chi connectivity index (χ0n) is 10.9. The molecule has 0 heterocycles. The fourth-order valence-corrected chi connectivity index (χ4v) is 3.06. The summed E-state index contributed by atoms with van der Waals surface area (Å²) in [6.45, 7) is 5.03. The fourth-order valence-electron chi connectivity index (χ4n) is 3.06. The standard InChI is InChI=1S/C15H23NO/c1-11-4-3-5-14(12(11)2)15(10-16)8-6-13(17)7-9-15/h3-5,13,17H,6-10,16H2,1-2H3. The van der Waals surface area contributed by atoms with Gasteiger partial charge in [0, 0.05) is 12.0 Å². The molecule has 17 heavy (non-hydrogen) atoms. The monoisotopic (exact) mass is 233 g/mol. The zero-order valence-corrected chi connectivity index (χ0v) is 10.9. The average molecular weight is 233 g/mol. The van der Waals surface area contributed by atoms with Crippen molar-refractivity contribution in [3.63, 3.8) is 0 Å². The first-order valence-electron chi connectivity index (χ1n) is 6.54. The van der Waals surface area contributed by atoms with E-state index in [1.54, 1.807) is 0 Å². The van der Waals surface area contributed by atoms with E-state index < -0.39 is 0 Å². The Morgan fingerprint density at radius 2 is 1.94 bits per heavy atom. The van der Waals surface area contributed by atoms with Crippen molar-refractivity contribution in [2.75, 3.05) is 6.54 Å². The molecule has 0 bridgehead atoms. The fraction of sp³-hybridized carbons (Fsp3) is 0.600. The molecular formula is C15H23NO. The summed E-state index contributed by atoms with van der Waals surface area (Å²) in [6, 6.07) is 6.49. The summed E-state index contributed by atoms with van der Waals surface area (Å²) in [4.78, 5) is 0. The smallest absolute Gasteiger partial charge is 0.0541 e. The molecule has 94 valence electrons. The zero-order chi connectivity index (χ0) is 12.5. The van der Waals surface area contributed by atoms with Crippen molar-refractivity contribution in [3.05, 3.63) is 34.9 Å². The van der Waals surface area contributed by atoms with Crippen molar-refractivity contribution in [1.29, 1.82) is 0 Å². The van der Waals surface area contributed by atoms with Crippen LogP contribution in [0.5, 0.6) is 0 Å². The molecule has 0 aliphatic heterocycles. The van der Waals surface area contributed by atoms with Gasteiger partial charge < -0.3 is 10.8 Å². The highest BCUT2D eigenvalue weighted by molar-refractivity contribution is 5.39. The van der Waals surface area contributed by atoms with Gasteiger partial charge in [-0.25, -0.2) is 0 Å². The van der Waals surface area contributed by atoms with Gasteiger partial charge in [0.05, 0.1) is 6.10 Å². The van der Waals surface area contributed by atoms with Gasteiger partial charge in [0.15, 0.2) is 0 Å². The first-order valence-corrected chi connectivity index (χ1v) is 6.54. The summed E-state index contributed by atoms with van der Waals surface area (Å²) in [5.41, 5.74) is 10.2. The second-order valence-corrected chi connectivity index (χ2v) is 5.46. The minimum absolute atomic E-state index is 0.0926. The molecule has 1 aromatic rings. The van der Waals surface area contributed by atoms with Crippen molar-refractivity contribution >= 4 is 0 Å². The van der Waals surface area contributed by atoms with E-state index in [9.17, 15) is 5.11 Å². The highest BCUT2D eigenvalue weighted by atomic mass is 16.3. The van der Waals surface area contributed by atoms with Crippen LogP contribution in [0.15, 0.2) is 18.2 Å². The first-order chi connectivity index (χ1) is 8.09. The molecule has 3 N–H and O–H groups in total. The Morgan fingerprint density at radius 1 is 1.29 bits per heavy atom. The van der Waals surface area contributed by atoms with Crippen molar-refractivity contribution in [3.8, 4) is 0 Å². The van der Waals surface area contributed by atoms with Crippen molar-refractivity contribution in [2.45, 2.75) is 51.0 Å². The van der Waals surface area contributed by atoms with Crippen LogP contribution in [0.2, 0.25) is 0 Å². The van der Waals surface area contributed by atoms with Crippen LogP contribution in [-0.2, 0) is 5.41 Å². The van der Waals surface area contributed by atoms with Gasteiger partial charge in [-0.3, -0.25) is 0 Å². The lowest BCUT2D eigenvalue weighted by Gasteiger charge is -2.39. The van der Waals surface area contributed by atoms with Gasteiger partial charge in [-0.2, -0.15) is 0 Å². The Bertz CT molecular complexity index is 392. The van der Waals surface area contributed by atoms with Gasteiger partial charge >= 0.3 is 0 Å². The maximum Gasteiger partial charge on any atom is 0.0541 e. The van der Waals surface area contributed by atoms with Crippen LogP contribution in [-0.4, -0.2) is 17.8 Å². The number of aliphatic hydroxyl groups is 1. The lowest BCUT2D eigenvalue weighted by Crippen LogP contribution is -2.40. The molecule has 1 saturated carbocycles. The highest BCUT2D eigenvalue weighted by Gasteiger charge is 2.36. The SMILES string of the molecule is Cc1cccc(C2(CN)CCC(O)CC2)c1C. The van der Waals surface area contributed by atoms with Crippen LogP contribution in [0.1, 0.15) is 42.4 Å². The van der Waals surface area contributed by atoms with E-state index in [0.29, 0.717) is 6.54 Å². The maximum absolute atomic E-state index is 9.67. The van der Waals surface area contributed by atoms with Gasteiger partial charge in [-0.15, -0.1) is 0 Å². The van der Waals surface area contributed by atoms with Crippen LogP contribution >= 0.6 is 0 Å². The van der Waals surface area contributed by atoms with Crippen LogP contribution in [0.3, 0.4) is 0 Å². The number of aliphatic hydroxyl groups excluding tert-OH is 1. The molecule has 1 aromatic carbocycles. The topological polar surface area (TPSA) is 46.2 Å².